The third kappa shape index (κ3) is 2.41. The lowest BCUT2D eigenvalue weighted by Crippen LogP contribution is -2.20. The summed E-state index contributed by atoms with van der Waals surface area (Å²) in [7, 11) is 0. The Balaban J connectivity index is 1.85. The van der Waals surface area contributed by atoms with E-state index >= 15 is 0 Å². The maximum Gasteiger partial charge on any atom is 0.241 e. The van der Waals surface area contributed by atoms with E-state index in [2.05, 4.69) is 17.4 Å². The van der Waals surface area contributed by atoms with E-state index in [1.807, 2.05) is 43.3 Å². The number of nitrogens with one attached hydrogen (secondary N) is 1. The minimum atomic E-state index is -0.588. The molecule has 1 unspecified atom stereocenters. The van der Waals surface area contributed by atoms with Crippen LogP contribution < -0.4 is 5.32 Å². The third-order valence-corrected chi connectivity index (χ3v) is 3.94. The lowest BCUT2D eigenvalue weighted by molar-refractivity contribution is -0.118. The smallest absolute Gasteiger partial charge is 0.241 e. The van der Waals surface area contributed by atoms with Crippen LogP contribution in [0.25, 0.3) is 11.1 Å². The van der Waals surface area contributed by atoms with Crippen molar-refractivity contribution >= 4 is 11.6 Å². The van der Waals surface area contributed by atoms with Crippen molar-refractivity contribution in [1.29, 1.82) is 5.26 Å². The summed E-state index contributed by atoms with van der Waals surface area (Å²) in [4.78, 5) is 12.0. The Labute approximate surface area is 124 Å². The average molecular weight is 276 g/mol. The highest BCUT2D eigenvalue weighted by atomic mass is 16.1. The van der Waals surface area contributed by atoms with Crippen LogP contribution in [0.15, 0.2) is 42.5 Å². The van der Waals surface area contributed by atoms with Crippen LogP contribution >= 0.6 is 0 Å². The first-order valence-electron chi connectivity index (χ1n) is 7.14. The largest absolute Gasteiger partial charge is 0.325 e. The van der Waals surface area contributed by atoms with Gasteiger partial charge in [0, 0.05) is 5.69 Å². The van der Waals surface area contributed by atoms with E-state index in [1.54, 1.807) is 0 Å². The van der Waals surface area contributed by atoms with Gasteiger partial charge in [-0.2, -0.15) is 5.26 Å². The molecule has 0 radical (unpaired) electrons. The second kappa shape index (κ2) is 5.41. The maximum atomic E-state index is 12.0. The van der Waals surface area contributed by atoms with E-state index in [1.165, 1.54) is 22.3 Å². The molecule has 0 saturated heterocycles. The molecule has 1 aliphatic rings. The van der Waals surface area contributed by atoms with Crippen molar-refractivity contribution in [3.63, 3.8) is 0 Å². The molecule has 21 heavy (non-hydrogen) atoms. The monoisotopic (exact) mass is 276 g/mol. The fourth-order valence-electron chi connectivity index (χ4n) is 2.79. The molecule has 3 rings (SSSR count). The number of hydrogen-bond donors (Lipinski definition) is 1. The van der Waals surface area contributed by atoms with Gasteiger partial charge in [-0.25, -0.2) is 0 Å². The summed E-state index contributed by atoms with van der Waals surface area (Å²) in [5.41, 5.74) is 5.81. The Morgan fingerprint density at radius 3 is 2.76 bits per heavy atom. The molecule has 2 aromatic carbocycles. The fourth-order valence-corrected chi connectivity index (χ4v) is 2.79. The Morgan fingerprint density at radius 1 is 1.24 bits per heavy atom. The summed E-state index contributed by atoms with van der Waals surface area (Å²) in [6.45, 7) is 1.84. The Kier molecular flexibility index (Phi) is 3.45. The number of benzene rings is 2. The lowest BCUT2D eigenvalue weighted by atomic mass is 10.0. The number of anilines is 1. The number of nitriles is 1. The van der Waals surface area contributed by atoms with Crippen LogP contribution in [0.3, 0.4) is 0 Å². The third-order valence-electron chi connectivity index (χ3n) is 3.94. The van der Waals surface area contributed by atoms with Gasteiger partial charge in [0.15, 0.2) is 0 Å². The van der Waals surface area contributed by atoms with Crippen LogP contribution in [-0.2, 0) is 11.2 Å². The van der Waals surface area contributed by atoms with E-state index in [9.17, 15) is 4.79 Å². The number of fused-ring (bicyclic) bond motifs is 3. The summed E-state index contributed by atoms with van der Waals surface area (Å²) in [6.07, 6.45) is 1.42. The van der Waals surface area contributed by atoms with Gasteiger partial charge in [-0.15, -0.1) is 0 Å². The first-order valence-corrected chi connectivity index (χ1v) is 7.14. The molecule has 0 aromatic heterocycles. The van der Waals surface area contributed by atoms with Gasteiger partial charge >= 0.3 is 0 Å². The number of hydrogen-bond acceptors (Lipinski definition) is 2. The van der Waals surface area contributed by atoms with Crippen LogP contribution in [0.1, 0.15) is 24.5 Å². The summed E-state index contributed by atoms with van der Waals surface area (Å²) in [5, 5.41) is 11.8. The lowest BCUT2D eigenvalue weighted by Gasteiger charge is -2.10. The van der Waals surface area contributed by atoms with Crippen molar-refractivity contribution in [2.75, 3.05) is 5.32 Å². The molecule has 104 valence electrons. The van der Waals surface area contributed by atoms with Gasteiger partial charge in [-0.05, 0) is 47.2 Å². The zero-order valence-electron chi connectivity index (χ0n) is 11.9. The van der Waals surface area contributed by atoms with Crippen LogP contribution in [-0.4, -0.2) is 5.91 Å². The number of amides is 1. The van der Waals surface area contributed by atoms with Crippen molar-refractivity contribution in [1.82, 2.24) is 0 Å². The number of rotatable bonds is 3. The summed E-state index contributed by atoms with van der Waals surface area (Å²) < 4.78 is 0. The minimum Gasteiger partial charge on any atom is -0.325 e. The molecule has 0 aliphatic heterocycles. The quantitative estimate of drug-likeness (QED) is 0.792. The van der Waals surface area contributed by atoms with E-state index in [0.717, 1.165) is 12.1 Å². The first kappa shape index (κ1) is 13.4. The molecule has 1 atom stereocenters. The summed E-state index contributed by atoms with van der Waals surface area (Å²) in [5.74, 6) is -0.814. The highest BCUT2D eigenvalue weighted by Crippen LogP contribution is 2.37. The van der Waals surface area contributed by atoms with E-state index in [-0.39, 0.29) is 5.91 Å². The maximum absolute atomic E-state index is 12.0. The van der Waals surface area contributed by atoms with Crippen molar-refractivity contribution in [2.45, 2.75) is 19.8 Å². The number of carbonyl (C=O) groups excluding carboxylic acids is 1. The molecule has 0 spiro atoms. The van der Waals surface area contributed by atoms with Gasteiger partial charge in [-0.1, -0.05) is 37.3 Å². The van der Waals surface area contributed by atoms with Crippen molar-refractivity contribution in [3.05, 3.63) is 53.6 Å². The highest BCUT2D eigenvalue weighted by Gasteiger charge is 2.19. The molecular weight excluding hydrogens is 260 g/mol. The van der Waals surface area contributed by atoms with Crippen LogP contribution in [0.5, 0.6) is 0 Å². The predicted molar refractivity (Wildman–Crippen MR) is 82.7 cm³/mol. The van der Waals surface area contributed by atoms with Crippen LogP contribution in [0.2, 0.25) is 0 Å². The van der Waals surface area contributed by atoms with E-state index < -0.39 is 5.92 Å². The second-order valence-corrected chi connectivity index (χ2v) is 5.29. The molecule has 3 heteroatoms. The zero-order chi connectivity index (χ0) is 14.8. The van der Waals surface area contributed by atoms with E-state index in [4.69, 9.17) is 5.26 Å². The topological polar surface area (TPSA) is 52.9 Å². The highest BCUT2D eigenvalue weighted by molar-refractivity contribution is 5.94. The number of carbonyl (C=O) groups is 1. The van der Waals surface area contributed by atoms with Crippen molar-refractivity contribution in [2.24, 2.45) is 5.92 Å². The normalized spacial score (nSPS) is 13.0. The van der Waals surface area contributed by atoms with Crippen molar-refractivity contribution < 1.29 is 4.79 Å². The van der Waals surface area contributed by atoms with Gasteiger partial charge < -0.3 is 5.32 Å². The van der Waals surface area contributed by atoms with Gasteiger partial charge in [0.1, 0.15) is 5.92 Å². The molecule has 2 aromatic rings. The molecule has 3 nitrogen and oxygen atoms in total. The predicted octanol–water partition coefficient (Wildman–Crippen LogP) is 3.75. The van der Waals surface area contributed by atoms with Gasteiger partial charge in [0.25, 0.3) is 0 Å². The van der Waals surface area contributed by atoms with Gasteiger partial charge in [0.05, 0.1) is 6.07 Å². The zero-order valence-corrected chi connectivity index (χ0v) is 11.9. The Bertz CT molecular complexity index is 743. The van der Waals surface area contributed by atoms with Gasteiger partial charge in [0.2, 0.25) is 5.91 Å². The molecule has 1 N–H and O–H groups in total. The molecule has 1 amide bonds. The molecule has 0 bridgehead atoms. The fraction of sp³-hybridized carbons (Fsp3) is 0.222. The molecular formula is C18H16N2O. The van der Waals surface area contributed by atoms with Crippen molar-refractivity contribution in [3.8, 4) is 17.2 Å². The SMILES string of the molecule is CCC(C#N)C(=O)Nc1ccc2c(c1)Cc1ccccc1-2. The standard InChI is InChI=1S/C18H16N2O/c1-2-12(11-19)18(21)20-15-7-8-17-14(10-15)9-13-5-3-4-6-16(13)17/h3-8,10,12H,2,9H2,1H3,(H,20,21). The average Bonchev–Trinajstić information content (AvgIpc) is 2.86. The molecule has 0 fully saturated rings. The molecule has 1 aliphatic carbocycles. The van der Waals surface area contributed by atoms with E-state index in [0.29, 0.717) is 6.42 Å². The first-order chi connectivity index (χ1) is 10.2. The molecule has 0 saturated carbocycles. The van der Waals surface area contributed by atoms with Crippen LogP contribution in [0.4, 0.5) is 5.69 Å². The number of nitrogens with zero attached hydrogens (tertiary/aromatic N) is 1. The Morgan fingerprint density at radius 2 is 2.00 bits per heavy atom. The second-order valence-electron chi connectivity index (χ2n) is 5.29. The Hall–Kier alpha value is -2.60. The summed E-state index contributed by atoms with van der Waals surface area (Å²) in [6, 6.07) is 16.3. The van der Waals surface area contributed by atoms with Gasteiger partial charge in [-0.3, -0.25) is 4.79 Å². The minimum absolute atomic E-state index is 0.226. The summed E-state index contributed by atoms with van der Waals surface area (Å²) >= 11 is 0. The van der Waals surface area contributed by atoms with Crippen LogP contribution in [0, 0.1) is 17.2 Å². The molecule has 0 heterocycles.